The van der Waals surface area contributed by atoms with Crippen molar-refractivity contribution in [3.05, 3.63) is 0 Å². The lowest BCUT2D eigenvalue weighted by atomic mass is 10.1. The molecule has 4 nitrogen and oxygen atoms in total. The molecular formula is C13H26N2O2. The third-order valence-electron chi connectivity index (χ3n) is 3.51. The molecule has 0 spiro atoms. The van der Waals surface area contributed by atoms with Crippen molar-refractivity contribution in [3.8, 4) is 0 Å². The quantitative estimate of drug-likeness (QED) is 0.685. The molecule has 100 valence electrons. The van der Waals surface area contributed by atoms with Crippen LogP contribution in [0.2, 0.25) is 0 Å². The summed E-state index contributed by atoms with van der Waals surface area (Å²) in [6.45, 7) is 7.16. The molecule has 0 aliphatic carbocycles. The van der Waals surface area contributed by atoms with E-state index in [0.29, 0.717) is 6.04 Å². The Balaban J connectivity index is 2.48. The number of methoxy groups -OCH3 is 1. The number of hydrogen-bond donors (Lipinski definition) is 1. The van der Waals surface area contributed by atoms with E-state index in [-0.39, 0.29) is 12.0 Å². The summed E-state index contributed by atoms with van der Waals surface area (Å²) in [5.74, 6) is -0.126. The van der Waals surface area contributed by atoms with E-state index in [1.165, 1.54) is 20.0 Å². The average molecular weight is 242 g/mol. The summed E-state index contributed by atoms with van der Waals surface area (Å²) < 4.78 is 4.84. The summed E-state index contributed by atoms with van der Waals surface area (Å²) in [7, 11) is 1.46. The van der Waals surface area contributed by atoms with Crippen LogP contribution in [0.4, 0.5) is 0 Å². The van der Waals surface area contributed by atoms with Crippen molar-refractivity contribution in [2.24, 2.45) is 0 Å². The molecular weight excluding hydrogens is 216 g/mol. The SMILES string of the molecule is CCCCN(CC1CCCN1)C(C)C(=O)OC. The van der Waals surface area contributed by atoms with Gasteiger partial charge in [-0.25, -0.2) is 0 Å². The normalized spacial score (nSPS) is 21.8. The first kappa shape index (κ1) is 14.5. The van der Waals surface area contributed by atoms with Gasteiger partial charge in [0.05, 0.1) is 7.11 Å². The van der Waals surface area contributed by atoms with E-state index in [2.05, 4.69) is 17.1 Å². The van der Waals surface area contributed by atoms with Crippen LogP contribution in [-0.2, 0) is 9.53 Å². The molecule has 1 aliphatic rings. The average Bonchev–Trinajstić information content (AvgIpc) is 2.85. The summed E-state index contributed by atoms with van der Waals surface area (Å²) in [5.41, 5.74) is 0. The summed E-state index contributed by atoms with van der Waals surface area (Å²) in [6.07, 6.45) is 4.76. The first-order valence-electron chi connectivity index (χ1n) is 6.74. The van der Waals surface area contributed by atoms with Crippen LogP contribution in [0, 0.1) is 0 Å². The number of unbranched alkanes of at least 4 members (excludes halogenated alkanes) is 1. The van der Waals surface area contributed by atoms with Gasteiger partial charge in [0.2, 0.25) is 0 Å². The predicted octanol–water partition coefficient (Wildman–Crippen LogP) is 1.40. The molecule has 0 aromatic heterocycles. The molecule has 1 rings (SSSR count). The van der Waals surface area contributed by atoms with Gasteiger partial charge >= 0.3 is 5.97 Å². The smallest absolute Gasteiger partial charge is 0.322 e. The minimum atomic E-state index is -0.131. The number of carbonyl (C=O) groups excluding carboxylic acids is 1. The molecule has 1 heterocycles. The third-order valence-corrected chi connectivity index (χ3v) is 3.51. The van der Waals surface area contributed by atoms with Crippen molar-refractivity contribution in [3.63, 3.8) is 0 Å². The van der Waals surface area contributed by atoms with Gasteiger partial charge in [-0.15, -0.1) is 0 Å². The van der Waals surface area contributed by atoms with E-state index < -0.39 is 0 Å². The zero-order valence-corrected chi connectivity index (χ0v) is 11.4. The maximum absolute atomic E-state index is 11.6. The van der Waals surface area contributed by atoms with Gasteiger partial charge in [0.1, 0.15) is 6.04 Å². The number of carbonyl (C=O) groups is 1. The lowest BCUT2D eigenvalue weighted by molar-refractivity contribution is -0.146. The highest BCUT2D eigenvalue weighted by Crippen LogP contribution is 2.11. The fourth-order valence-electron chi connectivity index (χ4n) is 2.32. The number of hydrogen-bond acceptors (Lipinski definition) is 4. The molecule has 17 heavy (non-hydrogen) atoms. The Morgan fingerprint density at radius 3 is 2.88 bits per heavy atom. The Hall–Kier alpha value is -0.610. The number of esters is 1. The van der Waals surface area contributed by atoms with E-state index in [4.69, 9.17) is 4.74 Å². The van der Waals surface area contributed by atoms with Crippen molar-refractivity contribution in [1.29, 1.82) is 0 Å². The number of ether oxygens (including phenoxy) is 1. The molecule has 0 aromatic rings. The predicted molar refractivity (Wildman–Crippen MR) is 69.0 cm³/mol. The van der Waals surface area contributed by atoms with E-state index in [9.17, 15) is 4.79 Å². The molecule has 1 aliphatic heterocycles. The molecule has 0 bridgehead atoms. The van der Waals surface area contributed by atoms with Crippen molar-refractivity contribution in [2.75, 3.05) is 26.7 Å². The largest absolute Gasteiger partial charge is 0.468 e. The summed E-state index contributed by atoms with van der Waals surface area (Å²) >= 11 is 0. The van der Waals surface area contributed by atoms with Gasteiger partial charge in [0, 0.05) is 12.6 Å². The zero-order chi connectivity index (χ0) is 12.7. The summed E-state index contributed by atoms with van der Waals surface area (Å²) in [4.78, 5) is 13.9. The van der Waals surface area contributed by atoms with Gasteiger partial charge in [-0.3, -0.25) is 9.69 Å². The molecule has 0 aromatic carbocycles. The Bertz CT molecular complexity index is 227. The lowest BCUT2D eigenvalue weighted by Crippen LogP contribution is -2.46. The lowest BCUT2D eigenvalue weighted by Gasteiger charge is -2.29. The highest BCUT2D eigenvalue weighted by molar-refractivity contribution is 5.75. The van der Waals surface area contributed by atoms with Gasteiger partial charge < -0.3 is 10.1 Å². The van der Waals surface area contributed by atoms with Gasteiger partial charge in [0.25, 0.3) is 0 Å². The van der Waals surface area contributed by atoms with Crippen LogP contribution >= 0.6 is 0 Å². The first-order valence-corrected chi connectivity index (χ1v) is 6.74. The van der Waals surface area contributed by atoms with Crippen LogP contribution in [-0.4, -0.2) is 49.7 Å². The summed E-state index contributed by atoms with van der Waals surface area (Å²) in [6, 6.07) is 0.410. The van der Waals surface area contributed by atoms with E-state index >= 15 is 0 Å². The number of nitrogens with one attached hydrogen (secondary N) is 1. The molecule has 0 saturated carbocycles. The monoisotopic (exact) mass is 242 g/mol. The highest BCUT2D eigenvalue weighted by Gasteiger charge is 2.25. The Morgan fingerprint density at radius 2 is 2.35 bits per heavy atom. The van der Waals surface area contributed by atoms with Crippen LogP contribution in [0.1, 0.15) is 39.5 Å². The Labute approximate surface area is 105 Å². The van der Waals surface area contributed by atoms with Crippen molar-refractivity contribution in [1.82, 2.24) is 10.2 Å². The van der Waals surface area contributed by atoms with Gasteiger partial charge in [-0.1, -0.05) is 13.3 Å². The second kappa shape index (κ2) is 7.67. The van der Waals surface area contributed by atoms with E-state index in [1.807, 2.05) is 6.92 Å². The number of rotatable bonds is 7. The van der Waals surface area contributed by atoms with Crippen LogP contribution in [0.15, 0.2) is 0 Å². The van der Waals surface area contributed by atoms with Crippen molar-refractivity contribution < 1.29 is 9.53 Å². The maximum atomic E-state index is 11.6. The highest BCUT2D eigenvalue weighted by atomic mass is 16.5. The topological polar surface area (TPSA) is 41.6 Å². The minimum Gasteiger partial charge on any atom is -0.468 e. The molecule has 4 heteroatoms. The molecule has 2 atom stereocenters. The van der Waals surface area contributed by atoms with Crippen molar-refractivity contribution in [2.45, 2.75) is 51.6 Å². The van der Waals surface area contributed by atoms with Crippen LogP contribution in [0.25, 0.3) is 0 Å². The standard InChI is InChI=1S/C13H26N2O2/c1-4-5-9-15(11(2)13(16)17-3)10-12-7-6-8-14-12/h11-12,14H,4-10H2,1-3H3. The Morgan fingerprint density at radius 1 is 1.59 bits per heavy atom. The van der Waals surface area contributed by atoms with Crippen molar-refractivity contribution >= 4 is 5.97 Å². The molecule has 0 radical (unpaired) electrons. The third kappa shape index (κ3) is 4.64. The second-order valence-electron chi connectivity index (χ2n) is 4.84. The Kier molecular flexibility index (Phi) is 6.52. The van der Waals surface area contributed by atoms with Gasteiger partial charge in [-0.05, 0) is 39.3 Å². The molecule has 1 saturated heterocycles. The van der Waals surface area contributed by atoms with E-state index in [1.54, 1.807) is 0 Å². The minimum absolute atomic E-state index is 0.126. The maximum Gasteiger partial charge on any atom is 0.322 e. The van der Waals surface area contributed by atoms with Crippen LogP contribution < -0.4 is 5.32 Å². The number of nitrogens with zero attached hydrogens (tertiary/aromatic N) is 1. The molecule has 1 fully saturated rings. The molecule has 1 N–H and O–H groups in total. The second-order valence-corrected chi connectivity index (χ2v) is 4.84. The summed E-state index contributed by atoms with van der Waals surface area (Å²) in [5, 5.41) is 3.48. The van der Waals surface area contributed by atoms with Gasteiger partial charge in [0.15, 0.2) is 0 Å². The fourth-order valence-corrected chi connectivity index (χ4v) is 2.32. The molecule has 2 unspecified atom stereocenters. The van der Waals surface area contributed by atoms with Crippen LogP contribution in [0.5, 0.6) is 0 Å². The first-order chi connectivity index (χ1) is 8.19. The van der Waals surface area contributed by atoms with E-state index in [0.717, 1.165) is 32.5 Å². The fraction of sp³-hybridized carbons (Fsp3) is 0.923. The molecule has 0 amide bonds. The zero-order valence-electron chi connectivity index (χ0n) is 11.4. The van der Waals surface area contributed by atoms with Gasteiger partial charge in [-0.2, -0.15) is 0 Å². The van der Waals surface area contributed by atoms with Crippen LogP contribution in [0.3, 0.4) is 0 Å².